The molecule has 2 aliphatic heterocycles. The van der Waals surface area contributed by atoms with E-state index in [1.54, 1.807) is 11.3 Å². The zero-order valence-electron chi connectivity index (χ0n) is 10.9. The van der Waals surface area contributed by atoms with Gasteiger partial charge in [0.2, 0.25) is 4.96 Å². The van der Waals surface area contributed by atoms with Gasteiger partial charge in [-0.2, -0.15) is 9.61 Å². The van der Waals surface area contributed by atoms with Gasteiger partial charge in [-0.25, -0.2) is 0 Å². The molecule has 2 aromatic rings. The number of rotatable bonds is 2. The van der Waals surface area contributed by atoms with Crippen LogP contribution in [0.4, 0.5) is 0 Å². The third-order valence-corrected chi connectivity index (χ3v) is 5.03. The van der Waals surface area contributed by atoms with Crippen LogP contribution in [0.2, 0.25) is 0 Å². The summed E-state index contributed by atoms with van der Waals surface area (Å²) < 4.78 is 7.56. The Labute approximate surface area is 115 Å². The normalized spacial score (nSPS) is 31.5. The van der Waals surface area contributed by atoms with E-state index in [1.807, 2.05) is 4.52 Å². The predicted octanol–water partition coefficient (Wildman–Crippen LogP) is 1.71. The van der Waals surface area contributed by atoms with Gasteiger partial charge in [-0.3, -0.25) is 0 Å². The van der Waals surface area contributed by atoms with Crippen LogP contribution in [0.15, 0.2) is 0 Å². The van der Waals surface area contributed by atoms with Gasteiger partial charge in [0.1, 0.15) is 11.1 Å². The molecule has 2 saturated heterocycles. The molecule has 4 heterocycles. The second-order valence-corrected chi connectivity index (χ2v) is 6.38. The molecule has 0 aliphatic carbocycles. The minimum absolute atomic E-state index is 0.0684. The van der Waals surface area contributed by atoms with Gasteiger partial charge in [-0.1, -0.05) is 18.3 Å². The van der Waals surface area contributed by atoms with Crippen LogP contribution in [0, 0.1) is 5.92 Å². The summed E-state index contributed by atoms with van der Waals surface area (Å²) in [4.78, 5) is 0.876. The summed E-state index contributed by atoms with van der Waals surface area (Å²) in [6.45, 7) is 4.16. The SMILES string of the molecule is CC1CCNC1c1nn2c(C3CCCO3)nnc2s1. The van der Waals surface area contributed by atoms with E-state index in [4.69, 9.17) is 9.84 Å². The molecule has 2 fully saturated rings. The third-order valence-electron chi connectivity index (χ3n) is 4.05. The minimum atomic E-state index is 0.0684. The lowest BCUT2D eigenvalue weighted by atomic mass is 10.0. The summed E-state index contributed by atoms with van der Waals surface area (Å²) in [6.07, 6.45) is 3.39. The number of nitrogens with one attached hydrogen (secondary N) is 1. The first-order valence-corrected chi connectivity index (χ1v) is 7.71. The predicted molar refractivity (Wildman–Crippen MR) is 71.1 cm³/mol. The quantitative estimate of drug-likeness (QED) is 0.906. The van der Waals surface area contributed by atoms with Crippen molar-refractivity contribution in [3.63, 3.8) is 0 Å². The zero-order valence-corrected chi connectivity index (χ0v) is 11.7. The van der Waals surface area contributed by atoms with Crippen LogP contribution in [-0.2, 0) is 4.74 Å². The van der Waals surface area contributed by atoms with Crippen LogP contribution < -0.4 is 5.32 Å². The summed E-state index contributed by atoms with van der Waals surface area (Å²) in [7, 11) is 0. The van der Waals surface area contributed by atoms with Crippen molar-refractivity contribution < 1.29 is 4.74 Å². The highest BCUT2D eigenvalue weighted by Gasteiger charge is 2.30. The van der Waals surface area contributed by atoms with Crippen molar-refractivity contribution in [1.82, 2.24) is 25.1 Å². The molecule has 0 saturated carbocycles. The largest absolute Gasteiger partial charge is 0.370 e. The number of fused-ring (bicyclic) bond motifs is 1. The average molecular weight is 279 g/mol. The number of aromatic nitrogens is 4. The van der Waals surface area contributed by atoms with Crippen molar-refractivity contribution in [3.05, 3.63) is 10.8 Å². The monoisotopic (exact) mass is 279 g/mol. The van der Waals surface area contributed by atoms with Gasteiger partial charge in [-0.15, -0.1) is 10.2 Å². The molecule has 1 N–H and O–H groups in total. The molecule has 19 heavy (non-hydrogen) atoms. The molecular formula is C12H17N5OS. The molecule has 2 aliphatic rings. The van der Waals surface area contributed by atoms with Gasteiger partial charge in [0, 0.05) is 6.61 Å². The Balaban J connectivity index is 1.71. The fourth-order valence-electron chi connectivity index (χ4n) is 2.92. The molecule has 6 nitrogen and oxygen atoms in total. The van der Waals surface area contributed by atoms with Crippen molar-refractivity contribution in [2.24, 2.45) is 5.92 Å². The lowest BCUT2D eigenvalue weighted by Gasteiger charge is -2.11. The summed E-state index contributed by atoms with van der Waals surface area (Å²) in [5, 5.41) is 17.8. The number of nitrogens with zero attached hydrogens (tertiary/aromatic N) is 4. The van der Waals surface area contributed by atoms with E-state index >= 15 is 0 Å². The lowest BCUT2D eigenvalue weighted by molar-refractivity contribution is 0.103. The fraction of sp³-hybridized carbons (Fsp3) is 0.750. The van der Waals surface area contributed by atoms with E-state index in [-0.39, 0.29) is 6.10 Å². The van der Waals surface area contributed by atoms with Crippen LogP contribution in [0.25, 0.3) is 4.96 Å². The molecule has 7 heteroatoms. The molecule has 102 valence electrons. The maximum atomic E-state index is 5.69. The molecule has 4 rings (SSSR count). The fourth-order valence-corrected chi connectivity index (χ4v) is 3.97. The smallest absolute Gasteiger partial charge is 0.234 e. The van der Waals surface area contributed by atoms with E-state index < -0.39 is 0 Å². The first-order valence-electron chi connectivity index (χ1n) is 6.90. The van der Waals surface area contributed by atoms with E-state index in [0.29, 0.717) is 12.0 Å². The highest BCUT2D eigenvalue weighted by Crippen LogP contribution is 2.33. The molecular weight excluding hydrogens is 262 g/mol. The molecule has 2 aromatic heterocycles. The van der Waals surface area contributed by atoms with Gasteiger partial charge in [0.05, 0.1) is 6.04 Å². The topological polar surface area (TPSA) is 64.3 Å². The Morgan fingerprint density at radius 1 is 1.37 bits per heavy atom. The Kier molecular flexibility index (Phi) is 2.78. The van der Waals surface area contributed by atoms with Gasteiger partial charge in [0.15, 0.2) is 5.82 Å². The molecule has 0 radical (unpaired) electrons. The van der Waals surface area contributed by atoms with Gasteiger partial charge >= 0.3 is 0 Å². The molecule has 0 aromatic carbocycles. The van der Waals surface area contributed by atoms with Gasteiger partial charge in [0.25, 0.3) is 0 Å². The molecule has 3 unspecified atom stereocenters. The van der Waals surface area contributed by atoms with Gasteiger partial charge < -0.3 is 10.1 Å². The Hall–Kier alpha value is -1.05. The molecule has 3 atom stereocenters. The Bertz CT molecular complexity index is 588. The Morgan fingerprint density at radius 2 is 2.32 bits per heavy atom. The number of hydrogen-bond acceptors (Lipinski definition) is 6. The van der Waals surface area contributed by atoms with E-state index in [9.17, 15) is 0 Å². The molecule has 0 amide bonds. The average Bonchev–Trinajstić information content (AvgIpc) is 3.10. The van der Waals surface area contributed by atoms with Crippen LogP contribution in [0.1, 0.15) is 49.2 Å². The van der Waals surface area contributed by atoms with E-state index in [1.165, 1.54) is 6.42 Å². The summed E-state index contributed by atoms with van der Waals surface area (Å²) >= 11 is 1.64. The summed E-state index contributed by atoms with van der Waals surface area (Å²) in [5.41, 5.74) is 0. The van der Waals surface area contributed by atoms with Crippen molar-refractivity contribution in [2.75, 3.05) is 13.2 Å². The van der Waals surface area contributed by atoms with E-state index in [0.717, 1.165) is 41.8 Å². The zero-order chi connectivity index (χ0) is 12.8. The first-order chi connectivity index (χ1) is 9.33. The first kappa shape index (κ1) is 11.7. The summed E-state index contributed by atoms with van der Waals surface area (Å²) in [6, 6.07) is 0.365. The van der Waals surface area contributed by atoms with Crippen molar-refractivity contribution >= 4 is 16.3 Å². The lowest BCUT2D eigenvalue weighted by Crippen LogP contribution is -2.16. The Morgan fingerprint density at radius 3 is 3.05 bits per heavy atom. The van der Waals surface area contributed by atoms with Crippen LogP contribution in [0.5, 0.6) is 0 Å². The highest BCUT2D eigenvalue weighted by molar-refractivity contribution is 7.16. The summed E-state index contributed by atoms with van der Waals surface area (Å²) in [5.74, 6) is 1.50. The number of hydrogen-bond donors (Lipinski definition) is 1. The molecule has 0 bridgehead atoms. The van der Waals surface area contributed by atoms with E-state index in [2.05, 4.69) is 22.4 Å². The second-order valence-electron chi connectivity index (χ2n) is 5.39. The van der Waals surface area contributed by atoms with Crippen LogP contribution in [-0.4, -0.2) is 33.0 Å². The minimum Gasteiger partial charge on any atom is -0.370 e. The van der Waals surface area contributed by atoms with Crippen LogP contribution >= 0.6 is 11.3 Å². The van der Waals surface area contributed by atoms with Crippen molar-refractivity contribution in [1.29, 1.82) is 0 Å². The third kappa shape index (κ3) is 1.87. The highest BCUT2D eigenvalue weighted by atomic mass is 32.1. The van der Waals surface area contributed by atoms with Crippen molar-refractivity contribution in [2.45, 2.75) is 38.3 Å². The van der Waals surface area contributed by atoms with Crippen molar-refractivity contribution in [3.8, 4) is 0 Å². The van der Waals surface area contributed by atoms with Crippen LogP contribution in [0.3, 0.4) is 0 Å². The molecule has 0 spiro atoms. The second kappa shape index (κ2) is 4.50. The maximum absolute atomic E-state index is 5.69. The maximum Gasteiger partial charge on any atom is 0.234 e. The van der Waals surface area contributed by atoms with Gasteiger partial charge in [-0.05, 0) is 31.7 Å². The standard InChI is InChI=1S/C12H17N5OS/c1-7-4-5-13-9(7)11-16-17-10(8-3-2-6-18-8)14-15-12(17)19-11/h7-9,13H,2-6H2,1H3. The number of ether oxygens (including phenoxy) is 1.